The lowest BCUT2D eigenvalue weighted by Gasteiger charge is -2.11. The third kappa shape index (κ3) is 4.12. The number of aromatic nitrogens is 6. The number of hydrogen-bond donors (Lipinski definition) is 0. The number of unbranched alkanes of at least 4 members (excludes halogenated alkanes) is 1. The van der Waals surface area contributed by atoms with Gasteiger partial charge in [0.2, 0.25) is 5.95 Å². The van der Waals surface area contributed by atoms with E-state index in [9.17, 15) is 4.79 Å². The van der Waals surface area contributed by atoms with Crippen molar-refractivity contribution < 1.29 is 4.39 Å². The molecule has 166 valence electrons. The number of benzene rings is 2. The van der Waals surface area contributed by atoms with Crippen LogP contribution in [0.3, 0.4) is 0 Å². The largest absolute Gasteiger partial charge is 0.331 e. The van der Waals surface area contributed by atoms with Gasteiger partial charge in [-0.15, -0.1) is 5.10 Å². The molecule has 0 saturated heterocycles. The fourth-order valence-electron chi connectivity index (χ4n) is 3.93. The molecule has 2 aromatic carbocycles. The molecule has 0 unspecified atom stereocenters. The van der Waals surface area contributed by atoms with Crippen LogP contribution in [0.2, 0.25) is 0 Å². The van der Waals surface area contributed by atoms with Crippen LogP contribution in [0.1, 0.15) is 50.9 Å². The molecule has 32 heavy (non-hydrogen) atoms. The molecule has 0 aliphatic carbocycles. The Kier molecular flexibility index (Phi) is 6.30. The lowest BCUT2D eigenvalue weighted by Crippen LogP contribution is -2.27. The van der Waals surface area contributed by atoms with Gasteiger partial charge in [0, 0.05) is 11.6 Å². The average molecular weight is 435 g/mol. The van der Waals surface area contributed by atoms with Crippen molar-refractivity contribution >= 4 is 0 Å². The molecule has 2 aromatic heterocycles. The second-order valence-corrected chi connectivity index (χ2v) is 8.14. The molecule has 0 saturated carbocycles. The van der Waals surface area contributed by atoms with Gasteiger partial charge >= 0.3 is 5.69 Å². The zero-order valence-electron chi connectivity index (χ0n) is 18.6. The molecule has 4 rings (SSSR count). The number of hydrogen-bond acceptors (Lipinski definition) is 4. The minimum absolute atomic E-state index is 0.228. The summed E-state index contributed by atoms with van der Waals surface area (Å²) in [6, 6.07) is 15.6. The number of halogens is 1. The Morgan fingerprint density at radius 2 is 1.81 bits per heavy atom. The van der Waals surface area contributed by atoms with Gasteiger partial charge in [-0.2, -0.15) is 9.07 Å². The molecular weight excluding hydrogens is 407 g/mol. The van der Waals surface area contributed by atoms with E-state index in [0.717, 1.165) is 35.2 Å². The minimum Gasteiger partial charge on any atom is -0.289 e. The van der Waals surface area contributed by atoms with Gasteiger partial charge in [-0.05, 0) is 54.3 Å². The molecule has 2 heterocycles. The van der Waals surface area contributed by atoms with E-state index in [1.807, 2.05) is 62.4 Å². The van der Waals surface area contributed by atoms with Gasteiger partial charge in [-0.25, -0.2) is 4.79 Å². The van der Waals surface area contributed by atoms with Gasteiger partial charge in [-0.1, -0.05) is 55.8 Å². The van der Waals surface area contributed by atoms with E-state index in [-0.39, 0.29) is 11.7 Å². The molecule has 0 amide bonds. The summed E-state index contributed by atoms with van der Waals surface area (Å²) in [5.41, 5.74) is 4.00. The lowest BCUT2D eigenvalue weighted by molar-refractivity contribution is 0.440. The Morgan fingerprint density at radius 1 is 1.06 bits per heavy atom. The first-order valence-electron chi connectivity index (χ1n) is 10.9. The van der Waals surface area contributed by atoms with Crippen LogP contribution in [-0.2, 0) is 13.0 Å². The Morgan fingerprint density at radius 3 is 2.47 bits per heavy atom. The van der Waals surface area contributed by atoms with Crippen molar-refractivity contribution in [3.05, 3.63) is 82.5 Å². The third-order valence-electron chi connectivity index (χ3n) is 5.60. The smallest absolute Gasteiger partial charge is 0.289 e. The summed E-state index contributed by atoms with van der Waals surface area (Å²) in [5, 5.41) is 11.4. The van der Waals surface area contributed by atoms with Gasteiger partial charge in [0.1, 0.15) is 6.33 Å². The molecule has 0 aliphatic heterocycles. The second-order valence-electron chi connectivity index (χ2n) is 8.14. The highest BCUT2D eigenvalue weighted by Gasteiger charge is 2.21. The summed E-state index contributed by atoms with van der Waals surface area (Å²) >= 11 is 0. The third-order valence-corrected chi connectivity index (χ3v) is 5.60. The quantitative estimate of drug-likeness (QED) is 0.412. The topological polar surface area (TPSA) is 70.5 Å². The summed E-state index contributed by atoms with van der Waals surface area (Å²) in [7, 11) is 0. The first-order valence-corrected chi connectivity index (χ1v) is 10.9. The van der Waals surface area contributed by atoms with Gasteiger partial charge in [-0.3, -0.25) is 9.13 Å². The van der Waals surface area contributed by atoms with Crippen LogP contribution in [0, 0.1) is 5.95 Å². The number of imidazole rings is 1. The van der Waals surface area contributed by atoms with Crippen molar-refractivity contribution in [1.82, 2.24) is 29.3 Å². The predicted octanol–water partition coefficient (Wildman–Crippen LogP) is 4.40. The Balaban J connectivity index is 1.66. The van der Waals surface area contributed by atoms with E-state index in [4.69, 9.17) is 0 Å². The first kappa shape index (κ1) is 21.7. The summed E-state index contributed by atoms with van der Waals surface area (Å²) in [6.45, 7) is 6.06. The molecule has 0 fully saturated rings. The van der Waals surface area contributed by atoms with Gasteiger partial charge in [0.15, 0.2) is 0 Å². The fraction of sp³-hybridized carbons (Fsp3) is 0.333. The number of tetrazole rings is 1. The van der Waals surface area contributed by atoms with Gasteiger partial charge in [0.05, 0.1) is 17.9 Å². The van der Waals surface area contributed by atoms with Crippen LogP contribution >= 0.6 is 0 Å². The normalized spacial score (nSPS) is 11.4. The van der Waals surface area contributed by atoms with Gasteiger partial charge in [0.25, 0.3) is 0 Å². The molecule has 7 nitrogen and oxygen atoms in total. The maximum atomic E-state index is 15.0. The second kappa shape index (κ2) is 9.30. The van der Waals surface area contributed by atoms with E-state index < -0.39 is 5.95 Å². The zero-order chi connectivity index (χ0) is 22.7. The van der Waals surface area contributed by atoms with E-state index in [1.165, 1.54) is 4.57 Å². The number of para-hydroxylation sites is 1. The number of rotatable bonds is 8. The molecular formula is C24H27FN6O. The van der Waals surface area contributed by atoms with Crippen LogP contribution < -0.4 is 5.69 Å². The molecule has 0 bridgehead atoms. The Labute approximate surface area is 186 Å². The highest BCUT2D eigenvalue weighted by atomic mass is 19.1. The molecule has 0 spiro atoms. The maximum absolute atomic E-state index is 15.0. The van der Waals surface area contributed by atoms with Crippen molar-refractivity contribution in [1.29, 1.82) is 0 Å². The monoisotopic (exact) mass is 434 g/mol. The van der Waals surface area contributed by atoms with Crippen molar-refractivity contribution in [2.24, 2.45) is 0 Å². The van der Waals surface area contributed by atoms with E-state index in [2.05, 4.69) is 22.4 Å². The Bertz CT molecular complexity index is 1240. The molecule has 0 N–H and O–H groups in total. The summed E-state index contributed by atoms with van der Waals surface area (Å²) in [6.07, 6.45) is 3.89. The van der Waals surface area contributed by atoms with Gasteiger partial charge < -0.3 is 0 Å². The Hall–Kier alpha value is -3.55. The SMILES string of the molecule is CCCCc1c(F)n(C(C)C)c(=O)n1Cc1ccc(-c2ccccc2-n2cnnn2)cc1. The van der Waals surface area contributed by atoms with E-state index >= 15 is 4.39 Å². The van der Waals surface area contributed by atoms with Crippen molar-refractivity contribution in [2.45, 2.75) is 52.6 Å². The highest BCUT2D eigenvalue weighted by Crippen LogP contribution is 2.26. The predicted molar refractivity (Wildman–Crippen MR) is 121 cm³/mol. The lowest BCUT2D eigenvalue weighted by atomic mass is 10.0. The molecule has 8 heteroatoms. The van der Waals surface area contributed by atoms with E-state index in [1.54, 1.807) is 15.6 Å². The summed E-state index contributed by atoms with van der Waals surface area (Å²) in [4.78, 5) is 12.9. The van der Waals surface area contributed by atoms with E-state index in [0.29, 0.717) is 18.7 Å². The molecule has 4 aromatic rings. The summed E-state index contributed by atoms with van der Waals surface area (Å²) in [5.74, 6) is -0.412. The fourth-order valence-corrected chi connectivity index (χ4v) is 3.93. The first-order chi connectivity index (χ1) is 15.5. The molecule has 0 atom stereocenters. The minimum atomic E-state index is -0.412. The highest BCUT2D eigenvalue weighted by molar-refractivity contribution is 5.72. The van der Waals surface area contributed by atoms with Crippen molar-refractivity contribution in [2.75, 3.05) is 0 Å². The standard InChI is InChI=1S/C24H27FN6O/c1-4-5-9-22-23(25)31(17(2)3)24(32)29(22)15-18-11-13-19(14-12-18)20-8-6-7-10-21(20)30-16-26-27-28-30/h6-8,10-14,16-17H,4-5,9,15H2,1-3H3. The van der Waals surface area contributed by atoms with Crippen LogP contribution in [-0.4, -0.2) is 29.3 Å². The van der Waals surface area contributed by atoms with Crippen LogP contribution in [0.15, 0.2) is 59.7 Å². The maximum Gasteiger partial charge on any atom is 0.331 e. The van der Waals surface area contributed by atoms with Crippen LogP contribution in [0.5, 0.6) is 0 Å². The summed E-state index contributed by atoms with van der Waals surface area (Å²) < 4.78 is 19.5. The number of nitrogens with zero attached hydrogens (tertiary/aromatic N) is 6. The van der Waals surface area contributed by atoms with Crippen molar-refractivity contribution in [3.8, 4) is 16.8 Å². The molecule has 0 aliphatic rings. The molecule has 0 radical (unpaired) electrons. The van der Waals surface area contributed by atoms with Crippen molar-refractivity contribution in [3.63, 3.8) is 0 Å². The van der Waals surface area contributed by atoms with Crippen LogP contribution in [0.25, 0.3) is 16.8 Å². The van der Waals surface area contributed by atoms with Crippen LogP contribution in [0.4, 0.5) is 4.39 Å². The average Bonchev–Trinajstić information content (AvgIpc) is 3.40. The zero-order valence-corrected chi connectivity index (χ0v) is 18.6.